The summed E-state index contributed by atoms with van der Waals surface area (Å²) in [6.45, 7) is 8.72. The molecule has 3 rings (SSSR count). The predicted molar refractivity (Wildman–Crippen MR) is 88.9 cm³/mol. The number of hydrogen-bond acceptors (Lipinski definition) is 4. The largest absolute Gasteiger partial charge is 0.495 e. The summed E-state index contributed by atoms with van der Waals surface area (Å²) in [7, 11) is 1.79. The van der Waals surface area contributed by atoms with Crippen LogP contribution in [0, 0.1) is 0 Å². The fourth-order valence-electron chi connectivity index (χ4n) is 3.48. The molecule has 0 spiro atoms. The molecule has 0 aliphatic carbocycles. The first-order valence-electron chi connectivity index (χ1n) is 8.25. The lowest BCUT2D eigenvalue weighted by Gasteiger charge is -2.32. The van der Waals surface area contributed by atoms with Gasteiger partial charge in [0, 0.05) is 51.0 Å². The Labute approximate surface area is 128 Å². The number of methoxy groups -OCH3 is 1. The number of nitrogens with zero attached hydrogens (tertiary/aromatic N) is 2. The quantitative estimate of drug-likeness (QED) is 0.924. The van der Waals surface area contributed by atoms with Crippen LogP contribution in [0.1, 0.15) is 25.3 Å². The van der Waals surface area contributed by atoms with Gasteiger partial charge in [-0.1, -0.05) is 0 Å². The van der Waals surface area contributed by atoms with Crippen LogP contribution in [0.4, 0.5) is 11.4 Å². The van der Waals surface area contributed by atoms with Crippen molar-refractivity contribution in [1.82, 2.24) is 5.32 Å². The normalized spacial score (nSPS) is 19.1. The second-order valence-electron chi connectivity index (χ2n) is 5.93. The minimum Gasteiger partial charge on any atom is -0.495 e. The summed E-state index contributed by atoms with van der Waals surface area (Å²) in [4.78, 5) is 4.95. The zero-order chi connectivity index (χ0) is 14.7. The average Bonchev–Trinajstić information content (AvgIpc) is 2.75. The number of fused-ring (bicyclic) bond motifs is 1. The molecule has 0 radical (unpaired) electrons. The highest BCUT2D eigenvalue weighted by atomic mass is 16.5. The fourth-order valence-corrected chi connectivity index (χ4v) is 3.48. The van der Waals surface area contributed by atoms with Gasteiger partial charge in [-0.25, -0.2) is 0 Å². The Morgan fingerprint density at radius 2 is 1.90 bits per heavy atom. The average molecular weight is 289 g/mol. The SMILES string of the molecule is CCN1CCCCc2cc(N3CCNCC3)c(OC)cc21. The van der Waals surface area contributed by atoms with Crippen molar-refractivity contribution in [2.24, 2.45) is 0 Å². The van der Waals surface area contributed by atoms with Crippen molar-refractivity contribution >= 4 is 11.4 Å². The molecule has 0 amide bonds. The van der Waals surface area contributed by atoms with E-state index in [4.69, 9.17) is 4.74 Å². The van der Waals surface area contributed by atoms with E-state index in [1.807, 2.05) is 0 Å². The van der Waals surface area contributed by atoms with Crippen LogP contribution in [0.3, 0.4) is 0 Å². The maximum atomic E-state index is 5.71. The number of anilines is 2. The maximum Gasteiger partial charge on any atom is 0.144 e. The van der Waals surface area contributed by atoms with E-state index in [1.54, 1.807) is 7.11 Å². The lowest BCUT2D eigenvalue weighted by atomic mass is 10.0. The first-order valence-corrected chi connectivity index (χ1v) is 8.25. The molecule has 116 valence electrons. The highest BCUT2D eigenvalue weighted by Crippen LogP contribution is 2.38. The molecular formula is C17H27N3O. The van der Waals surface area contributed by atoms with Gasteiger partial charge in [0.15, 0.2) is 0 Å². The number of nitrogens with one attached hydrogen (secondary N) is 1. The van der Waals surface area contributed by atoms with Gasteiger partial charge < -0.3 is 19.9 Å². The molecule has 2 heterocycles. The Kier molecular flexibility index (Phi) is 4.54. The van der Waals surface area contributed by atoms with E-state index < -0.39 is 0 Å². The van der Waals surface area contributed by atoms with Crippen LogP contribution in [0.15, 0.2) is 12.1 Å². The van der Waals surface area contributed by atoms with Crippen molar-refractivity contribution in [3.05, 3.63) is 17.7 Å². The van der Waals surface area contributed by atoms with Crippen LogP contribution in [0.5, 0.6) is 5.75 Å². The van der Waals surface area contributed by atoms with Crippen LogP contribution in [-0.2, 0) is 6.42 Å². The number of aryl methyl sites for hydroxylation is 1. The van der Waals surface area contributed by atoms with Crippen LogP contribution in [-0.4, -0.2) is 46.4 Å². The van der Waals surface area contributed by atoms with Gasteiger partial charge in [0.2, 0.25) is 0 Å². The number of hydrogen-bond donors (Lipinski definition) is 1. The summed E-state index contributed by atoms with van der Waals surface area (Å²) in [5.74, 6) is 1.02. The van der Waals surface area contributed by atoms with Crippen molar-refractivity contribution in [2.75, 3.05) is 56.2 Å². The highest BCUT2D eigenvalue weighted by molar-refractivity contribution is 5.70. The second kappa shape index (κ2) is 6.56. The lowest BCUT2D eigenvalue weighted by Crippen LogP contribution is -2.43. The van der Waals surface area contributed by atoms with E-state index in [1.165, 1.54) is 42.7 Å². The Morgan fingerprint density at radius 3 is 2.62 bits per heavy atom. The third kappa shape index (κ3) is 2.95. The van der Waals surface area contributed by atoms with Crippen molar-refractivity contribution in [3.63, 3.8) is 0 Å². The van der Waals surface area contributed by atoms with Gasteiger partial charge in [0.1, 0.15) is 5.75 Å². The third-order valence-electron chi connectivity index (χ3n) is 4.68. The van der Waals surface area contributed by atoms with Gasteiger partial charge in [-0.05, 0) is 37.8 Å². The Bertz CT molecular complexity index is 483. The van der Waals surface area contributed by atoms with E-state index in [2.05, 4.69) is 34.2 Å². The van der Waals surface area contributed by atoms with Crippen LogP contribution in [0.25, 0.3) is 0 Å². The first-order chi connectivity index (χ1) is 10.3. The fraction of sp³-hybridized carbons (Fsp3) is 0.647. The van der Waals surface area contributed by atoms with E-state index in [0.717, 1.165) is 38.5 Å². The minimum absolute atomic E-state index is 1.02. The molecule has 0 unspecified atom stereocenters. The van der Waals surface area contributed by atoms with Gasteiger partial charge in [-0.3, -0.25) is 0 Å². The summed E-state index contributed by atoms with van der Waals surface area (Å²) in [5.41, 5.74) is 4.14. The van der Waals surface area contributed by atoms with Crippen LogP contribution in [0.2, 0.25) is 0 Å². The molecule has 21 heavy (non-hydrogen) atoms. The summed E-state index contributed by atoms with van der Waals surface area (Å²) in [6, 6.07) is 4.65. The van der Waals surface area contributed by atoms with E-state index >= 15 is 0 Å². The molecule has 0 atom stereocenters. The molecule has 4 nitrogen and oxygen atoms in total. The smallest absolute Gasteiger partial charge is 0.144 e. The topological polar surface area (TPSA) is 27.7 Å². The third-order valence-corrected chi connectivity index (χ3v) is 4.68. The van der Waals surface area contributed by atoms with Gasteiger partial charge in [0.25, 0.3) is 0 Å². The molecule has 0 saturated carbocycles. The highest BCUT2D eigenvalue weighted by Gasteiger charge is 2.21. The minimum atomic E-state index is 1.02. The summed E-state index contributed by atoms with van der Waals surface area (Å²) in [5, 5.41) is 3.42. The summed E-state index contributed by atoms with van der Waals surface area (Å²) >= 11 is 0. The Hall–Kier alpha value is -1.42. The molecule has 1 aromatic carbocycles. The molecule has 1 saturated heterocycles. The van der Waals surface area contributed by atoms with E-state index in [9.17, 15) is 0 Å². The predicted octanol–water partition coefficient (Wildman–Crippen LogP) is 2.27. The molecule has 1 fully saturated rings. The number of ether oxygens (including phenoxy) is 1. The zero-order valence-electron chi connectivity index (χ0n) is 13.3. The number of benzene rings is 1. The first kappa shape index (κ1) is 14.5. The number of rotatable bonds is 3. The van der Waals surface area contributed by atoms with Gasteiger partial charge >= 0.3 is 0 Å². The van der Waals surface area contributed by atoms with Crippen molar-refractivity contribution in [1.29, 1.82) is 0 Å². The van der Waals surface area contributed by atoms with Gasteiger partial charge in [0.05, 0.1) is 12.8 Å². The zero-order valence-corrected chi connectivity index (χ0v) is 13.3. The molecule has 2 aliphatic rings. The van der Waals surface area contributed by atoms with Crippen LogP contribution < -0.4 is 19.9 Å². The molecule has 2 aliphatic heterocycles. The van der Waals surface area contributed by atoms with Crippen LogP contribution >= 0.6 is 0 Å². The van der Waals surface area contributed by atoms with Crippen molar-refractivity contribution < 1.29 is 4.74 Å². The van der Waals surface area contributed by atoms with Crippen molar-refractivity contribution in [2.45, 2.75) is 26.2 Å². The lowest BCUT2D eigenvalue weighted by molar-refractivity contribution is 0.413. The molecule has 0 aromatic heterocycles. The Balaban J connectivity index is 1.99. The second-order valence-corrected chi connectivity index (χ2v) is 5.93. The van der Waals surface area contributed by atoms with E-state index in [-0.39, 0.29) is 0 Å². The molecular weight excluding hydrogens is 262 g/mol. The van der Waals surface area contributed by atoms with Crippen molar-refractivity contribution in [3.8, 4) is 5.75 Å². The summed E-state index contributed by atoms with van der Waals surface area (Å²) in [6.07, 6.45) is 3.76. The van der Waals surface area contributed by atoms with E-state index in [0.29, 0.717) is 0 Å². The molecule has 4 heteroatoms. The van der Waals surface area contributed by atoms with Gasteiger partial charge in [-0.15, -0.1) is 0 Å². The monoisotopic (exact) mass is 289 g/mol. The molecule has 0 bridgehead atoms. The summed E-state index contributed by atoms with van der Waals surface area (Å²) < 4.78 is 5.71. The Morgan fingerprint density at radius 1 is 1.10 bits per heavy atom. The molecule has 1 aromatic rings. The maximum absolute atomic E-state index is 5.71. The standard InChI is InChI=1S/C17H27N3O/c1-3-19-9-5-4-6-14-12-16(17(21-2)13-15(14)19)20-10-7-18-8-11-20/h12-13,18H,3-11H2,1-2H3. The molecule has 1 N–H and O–H groups in total. The van der Waals surface area contributed by atoms with Gasteiger partial charge in [-0.2, -0.15) is 0 Å². The number of piperazine rings is 1.